The van der Waals surface area contributed by atoms with Gasteiger partial charge in [-0.05, 0) is 43.3 Å². The van der Waals surface area contributed by atoms with Gasteiger partial charge in [-0.15, -0.1) is 0 Å². The number of hydrogen-bond donors (Lipinski definition) is 0. The Morgan fingerprint density at radius 3 is 2.04 bits per heavy atom. The highest BCUT2D eigenvalue weighted by atomic mass is 16.6. The molecule has 2 aromatic carbocycles. The van der Waals surface area contributed by atoms with Gasteiger partial charge in [-0.25, -0.2) is 0 Å². The van der Waals surface area contributed by atoms with Crippen molar-refractivity contribution in [3.8, 4) is 5.75 Å². The predicted molar refractivity (Wildman–Crippen MR) is 94.7 cm³/mol. The monoisotopic (exact) mass is 367 g/mol. The molecule has 1 aliphatic rings. The van der Waals surface area contributed by atoms with Gasteiger partial charge in [-0.1, -0.05) is 12.1 Å². The van der Waals surface area contributed by atoms with E-state index in [1.54, 1.807) is 48.5 Å². The van der Waals surface area contributed by atoms with Crippen molar-refractivity contribution >= 4 is 23.6 Å². The lowest BCUT2D eigenvalue weighted by molar-refractivity contribution is -0.144. The van der Waals surface area contributed by atoms with E-state index in [4.69, 9.17) is 9.47 Å². The third-order valence-corrected chi connectivity index (χ3v) is 4.04. The minimum absolute atomic E-state index is 0.0313. The summed E-state index contributed by atoms with van der Waals surface area (Å²) >= 11 is 0. The normalized spacial score (nSPS) is 12.7. The zero-order valence-electron chi connectivity index (χ0n) is 14.6. The molecule has 2 aromatic rings. The number of carbonyl (C=O) groups excluding carboxylic acids is 4. The number of fused-ring (bicyclic) bond motifs is 1. The molecule has 0 unspecified atom stereocenters. The molecule has 0 saturated carbocycles. The Bertz CT molecular complexity index is 868. The molecule has 0 radical (unpaired) electrons. The zero-order chi connectivity index (χ0) is 19.4. The van der Waals surface area contributed by atoms with Crippen LogP contribution in [-0.2, 0) is 9.53 Å². The molecule has 0 N–H and O–H groups in total. The molecule has 0 fully saturated rings. The van der Waals surface area contributed by atoms with Crippen LogP contribution in [0.2, 0.25) is 0 Å². The van der Waals surface area contributed by atoms with Crippen molar-refractivity contribution in [3.63, 3.8) is 0 Å². The number of imide groups is 1. The van der Waals surface area contributed by atoms with E-state index in [0.717, 1.165) is 4.90 Å². The first-order chi connectivity index (χ1) is 13.0. The molecule has 0 atom stereocenters. The van der Waals surface area contributed by atoms with Gasteiger partial charge >= 0.3 is 5.97 Å². The number of carbonyl (C=O) groups is 4. The highest BCUT2D eigenvalue weighted by Gasteiger charge is 2.36. The lowest BCUT2D eigenvalue weighted by Gasteiger charge is -2.13. The van der Waals surface area contributed by atoms with Gasteiger partial charge in [-0.2, -0.15) is 0 Å². The Labute approximate surface area is 155 Å². The summed E-state index contributed by atoms with van der Waals surface area (Å²) in [7, 11) is 0. The fourth-order valence-corrected chi connectivity index (χ4v) is 2.66. The maximum Gasteiger partial charge on any atom is 0.326 e. The van der Waals surface area contributed by atoms with Crippen LogP contribution < -0.4 is 4.74 Å². The molecule has 138 valence electrons. The van der Waals surface area contributed by atoms with Crippen LogP contribution in [0.15, 0.2) is 48.5 Å². The van der Waals surface area contributed by atoms with Crippen molar-refractivity contribution in [2.45, 2.75) is 6.92 Å². The van der Waals surface area contributed by atoms with E-state index in [-0.39, 0.29) is 30.1 Å². The molecule has 7 nitrogen and oxygen atoms in total. The molecule has 1 aliphatic heterocycles. The Morgan fingerprint density at radius 1 is 0.889 bits per heavy atom. The van der Waals surface area contributed by atoms with Crippen LogP contribution in [0.5, 0.6) is 5.75 Å². The SMILES string of the molecule is CC(=O)c1ccc(OCCOC(=O)CN2C(=O)c3ccccc3C2=O)cc1. The number of esters is 1. The molecule has 0 saturated heterocycles. The van der Waals surface area contributed by atoms with E-state index in [0.29, 0.717) is 11.3 Å². The molecule has 0 bridgehead atoms. The smallest absolute Gasteiger partial charge is 0.326 e. The van der Waals surface area contributed by atoms with E-state index >= 15 is 0 Å². The van der Waals surface area contributed by atoms with E-state index in [1.165, 1.54) is 6.92 Å². The Kier molecular flexibility index (Phi) is 5.30. The zero-order valence-corrected chi connectivity index (χ0v) is 14.6. The summed E-state index contributed by atoms with van der Waals surface area (Å²) in [6, 6.07) is 13.0. The number of nitrogens with zero attached hydrogens (tertiary/aromatic N) is 1. The number of amides is 2. The molecule has 2 amide bonds. The second kappa shape index (κ2) is 7.82. The lowest BCUT2D eigenvalue weighted by atomic mass is 10.1. The third-order valence-electron chi connectivity index (χ3n) is 4.04. The van der Waals surface area contributed by atoms with Crippen LogP contribution in [0, 0.1) is 0 Å². The Balaban J connectivity index is 1.45. The highest BCUT2D eigenvalue weighted by molar-refractivity contribution is 6.22. The van der Waals surface area contributed by atoms with Crippen LogP contribution in [0.4, 0.5) is 0 Å². The van der Waals surface area contributed by atoms with Crippen molar-refractivity contribution in [1.82, 2.24) is 4.90 Å². The molecule has 0 aliphatic carbocycles. The van der Waals surface area contributed by atoms with Gasteiger partial charge in [0.1, 0.15) is 25.5 Å². The summed E-state index contributed by atoms with van der Waals surface area (Å²) in [6.07, 6.45) is 0. The first kappa shape index (κ1) is 18.3. The number of Topliss-reactive ketones (excluding diaryl/α,β-unsaturated/α-hetero) is 1. The summed E-state index contributed by atoms with van der Waals surface area (Å²) in [4.78, 5) is 48.3. The average molecular weight is 367 g/mol. The second-order valence-corrected chi connectivity index (χ2v) is 5.89. The summed E-state index contributed by atoms with van der Waals surface area (Å²) < 4.78 is 10.4. The molecule has 1 heterocycles. The number of hydrogen-bond acceptors (Lipinski definition) is 6. The van der Waals surface area contributed by atoms with E-state index < -0.39 is 24.3 Å². The maximum absolute atomic E-state index is 12.2. The van der Waals surface area contributed by atoms with Gasteiger partial charge in [0.2, 0.25) is 0 Å². The van der Waals surface area contributed by atoms with E-state index in [2.05, 4.69) is 0 Å². The summed E-state index contributed by atoms with van der Waals surface area (Å²) in [6.45, 7) is 1.10. The Hall–Kier alpha value is -3.48. The van der Waals surface area contributed by atoms with Gasteiger partial charge in [0.05, 0.1) is 11.1 Å². The van der Waals surface area contributed by atoms with Crippen molar-refractivity contribution in [2.24, 2.45) is 0 Å². The molecular weight excluding hydrogens is 350 g/mol. The van der Waals surface area contributed by atoms with E-state index in [1.807, 2.05) is 0 Å². The van der Waals surface area contributed by atoms with Gasteiger partial charge < -0.3 is 9.47 Å². The van der Waals surface area contributed by atoms with Crippen molar-refractivity contribution in [1.29, 1.82) is 0 Å². The minimum atomic E-state index is -0.694. The minimum Gasteiger partial charge on any atom is -0.490 e. The predicted octanol–water partition coefficient (Wildman–Crippen LogP) is 2.11. The summed E-state index contributed by atoms with van der Waals surface area (Å²) in [5, 5.41) is 0. The number of benzene rings is 2. The first-order valence-corrected chi connectivity index (χ1v) is 8.32. The van der Waals surface area contributed by atoms with Crippen LogP contribution in [0.1, 0.15) is 38.0 Å². The second-order valence-electron chi connectivity index (χ2n) is 5.89. The third kappa shape index (κ3) is 4.03. The fraction of sp³-hybridized carbons (Fsp3) is 0.200. The van der Waals surface area contributed by atoms with Crippen molar-refractivity contribution in [2.75, 3.05) is 19.8 Å². The van der Waals surface area contributed by atoms with Gasteiger partial charge in [0.25, 0.3) is 11.8 Å². The van der Waals surface area contributed by atoms with Gasteiger partial charge in [-0.3, -0.25) is 24.1 Å². The highest BCUT2D eigenvalue weighted by Crippen LogP contribution is 2.22. The lowest BCUT2D eigenvalue weighted by Crippen LogP contribution is -2.36. The average Bonchev–Trinajstić information content (AvgIpc) is 2.91. The molecule has 27 heavy (non-hydrogen) atoms. The fourth-order valence-electron chi connectivity index (χ4n) is 2.66. The standard InChI is InChI=1S/C20H17NO6/c1-13(22)14-6-8-15(9-7-14)26-10-11-27-18(23)12-21-19(24)16-4-2-3-5-17(16)20(21)25/h2-9H,10-12H2,1H3. The Morgan fingerprint density at radius 2 is 1.48 bits per heavy atom. The maximum atomic E-state index is 12.2. The number of ketones is 1. The van der Waals surface area contributed by atoms with Crippen LogP contribution in [0.3, 0.4) is 0 Å². The number of rotatable bonds is 7. The quantitative estimate of drug-likeness (QED) is 0.322. The van der Waals surface area contributed by atoms with E-state index in [9.17, 15) is 19.2 Å². The van der Waals surface area contributed by atoms with Crippen molar-refractivity contribution < 1.29 is 28.7 Å². The van der Waals surface area contributed by atoms with Crippen LogP contribution >= 0.6 is 0 Å². The molecule has 0 aromatic heterocycles. The molecule has 3 rings (SSSR count). The van der Waals surface area contributed by atoms with Gasteiger partial charge in [0, 0.05) is 5.56 Å². The van der Waals surface area contributed by atoms with Crippen molar-refractivity contribution in [3.05, 3.63) is 65.2 Å². The largest absolute Gasteiger partial charge is 0.490 e. The first-order valence-electron chi connectivity index (χ1n) is 8.32. The molecule has 7 heteroatoms. The summed E-state index contributed by atoms with van der Waals surface area (Å²) in [5.41, 5.74) is 1.15. The summed E-state index contributed by atoms with van der Waals surface area (Å²) in [5.74, 6) is -1.20. The molecular formula is C20H17NO6. The van der Waals surface area contributed by atoms with Crippen LogP contribution in [-0.4, -0.2) is 48.2 Å². The topological polar surface area (TPSA) is 90.0 Å². The molecule has 0 spiro atoms. The van der Waals surface area contributed by atoms with Crippen LogP contribution in [0.25, 0.3) is 0 Å². The number of ether oxygens (including phenoxy) is 2. The van der Waals surface area contributed by atoms with Gasteiger partial charge in [0.15, 0.2) is 5.78 Å².